The number of aliphatic hydroxyl groups is 6. The number of rotatable bonds is 6. The first-order valence-corrected chi connectivity index (χ1v) is 7.52. The van der Waals surface area contributed by atoms with Crippen LogP contribution in [0.5, 0.6) is 0 Å². The molecule has 4 unspecified atom stereocenters. The monoisotopic (exact) mass is 339 g/mol. The Morgan fingerprint density at radius 3 is 2.35 bits per heavy atom. The summed E-state index contributed by atoms with van der Waals surface area (Å²) in [6, 6.07) is -1.10. The third-order valence-corrected chi connectivity index (χ3v) is 4.27. The molecule has 2 fully saturated rings. The topological polar surface area (TPSA) is 175 Å². The number of hydrogen-bond acceptors (Lipinski definition) is 10. The molecule has 136 valence electrons. The Morgan fingerprint density at radius 1 is 1.13 bits per heavy atom. The minimum atomic E-state index is -1.87. The first-order valence-electron chi connectivity index (χ1n) is 7.52. The predicted octanol–water partition coefficient (Wildman–Crippen LogP) is -4.01. The van der Waals surface area contributed by atoms with E-state index in [1.54, 1.807) is 0 Å². The Bertz CT molecular complexity index is 386. The lowest BCUT2D eigenvalue weighted by Gasteiger charge is -2.44. The molecular weight excluding hydrogens is 314 g/mol. The largest absolute Gasteiger partial charge is 0.396 e. The van der Waals surface area contributed by atoms with Crippen molar-refractivity contribution in [1.82, 2.24) is 0 Å². The zero-order chi connectivity index (χ0) is 17.2. The van der Waals surface area contributed by atoms with E-state index in [2.05, 4.69) is 0 Å². The van der Waals surface area contributed by atoms with E-state index in [0.29, 0.717) is 0 Å². The van der Waals surface area contributed by atoms with Crippen LogP contribution < -0.4 is 5.73 Å². The van der Waals surface area contributed by atoms with Crippen LogP contribution in [0.1, 0.15) is 12.8 Å². The fourth-order valence-corrected chi connectivity index (χ4v) is 2.86. The summed E-state index contributed by atoms with van der Waals surface area (Å²) < 4.78 is 16.2. The molecule has 0 aromatic carbocycles. The first-order chi connectivity index (χ1) is 10.9. The molecule has 2 saturated heterocycles. The van der Waals surface area contributed by atoms with Crippen LogP contribution >= 0.6 is 0 Å². The van der Waals surface area contributed by atoms with Crippen LogP contribution in [0.15, 0.2) is 0 Å². The molecule has 2 aliphatic rings. The quantitative estimate of drug-likeness (QED) is 0.252. The summed E-state index contributed by atoms with van der Waals surface area (Å²) in [4.78, 5) is 0. The van der Waals surface area contributed by atoms with Gasteiger partial charge in [0.1, 0.15) is 18.8 Å². The molecular formula is C13H25NO9. The summed E-state index contributed by atoms with van der Waals surface area (Å²) in [5.74, 6) is -1.87. The second kappa shape index (κ2) is 7.66. The zero-order valence-electron chi connectivity index (χ0n) is 12.6. The van der Waals surface area contributed by atoms with Crippen LogP contribution in [-0.4, -0.2) is 99.1 Å². The molecule has 0 radical (unpaired) electrons. The van der Waals surface area contributed by atoms with Gasteiger partial charge in [0.15, 0.2) is 6.29 Å². The second-order valence-electron chi connectivity index (χ2n) is 5.88. The maximum atomic E-state index is 10.1. The van der Waals surface area contributed by atoms with Gasteiger partial charge in [0.25, 0.3) is 0 Å². The lowest BCUT2D eigenvalue weighted by Crippen LogP contribution is -2.64. The van der Waals surface area contributed by atoms with Gasteiger partial charge in [-0.2, -0.15) is 0 Å². The maximum Gasteiger partial charge on any atom is 0.221 e. The fraction of sp³-hybridized carbons (Fsp3) is 1.00. The van der Waals surface area contributed by atoms with E-state index in [0.717, 1.165) is 0 Å². The van der Waals surface area contributed by atoms with Crippen LogP contribution in [0.3, 0.4) is 0 Å². The van der Waals surface area contributed by atoms with Gasteiger partial charge in [-0.1, -0.05) is 0 Å². The molecule has 2 rings (SSSR count). The fourth-order valence-electron chi connectivity index (χ4n) is 2.86. The van der Waals surface area contributed by atoms with E-state index in [9.17, 15) is 20.4 Å². The molecule has 10 nitrogen and oxygen atoms in total. The molecule has 0 amide bonds. The van der Waals surface area contributed by atoms with Crippen molar-refractivity contribution in [2.24, 2.45) is 5.73 Å². The van der Waals surface area contributed by atoms with Crippen molar-refractivity contribution in [3.05, 3.63) is 0 Å². The average molecular weight is 339 g/mol. The molecule has 0 spiro atoms. The first kappa shape index (κ1) is 18.9. The van der Waals surface area contributed by atoms with Crippen LogP contribution in [0, 0.1) is 0 Å². The number of aliphatic hydroxyl groups excluding tert-OH is 6. The Balaban J connectivity index is 2.13. The summed E-state index contributed by atoms with van der Waals surface area (Å²) in [6.07, 6.45) is -6.79. The van der Waals surface area contributed by atoms with Crippen molar-refractivity contribution < 1.29 is 44.8 Å². The molecule has 2 heterocycles. The van der Waals surface area contributed by atoms with Crippen molar-refractivity contribution in [2.75, 3.05) is 19.8 Å². The summed E-state index contributed by atoms with van der Waals surface area (Å²) in [5, 5.41) is 57.8. The van der Waals surface area contributed by atoms with Gasteiger partial charge in [0, 0.05) is 13.0 Å². The minimum Gasteiger partial charge on any atom is -0.396 e. The number of ether oxygens (including phenoxy) is 3. The summed E-state index contributed by atoms with van der Waals surface area (Å²) in [7, 11) is 0. The number of nitrogens with two attached hydrogens (primary N) is 1. The summed E-state index contributed by atoms with van der Waals surface area (Å²) in [5.41, 5.74) is 5.73. The van der Waals surface area contributed by atoms with Gasteiger partial charge in [0.2, 0.25) is 5.79 Å². The van der Waals surface area contributed by atoms with Gasteiger partial charge < -0.3 is 50.6 Å². The third kappa shape index (κ3) is 3.66. The van der Waals surface area contributed by atoms with Crippen molar-refractivity contribution in [2.45, 2.75) is 61.5 Å². The van der Waals surface area contributed by atoms with E-state index < -0.39 is 55.2 Å². The van der Waals surface area contributed by atoms with Crippen LogP contribution in [0.25, 0.3) is 0 Å². The standard InChI is InChI=1S/C13H25NO9/c14-9-10(19)7(1-2-15)21-12(11(9)20)23-13(5-17)8(18)3-6(4-16)22-13/h6-12,15-20H,1-5,14H2/t6-,7?,8?,9?,10+,11?,12+,13-/m0/s1. The molecule has 10 heteroatoms. The van der Waals surface area contributed by atoms with E-state index in [1.165, 1.54) is 0 Å². The molecule has 0 aromatic rings. The molecule has 8 atom stereocenters. The van der Waals surface area contributed by atoms with Crippen LogP contribution in [0.2, 0.25) is 0 Å². The minimum absolute atomic E-state index is 0.0363. The highest BCUT2D eigenvalue weighted by atomic mass is 16.8. The van der Waals surface area contributed by atoms with Gasteiger partial charge in [0.05, 0.1) is 31.0 Å². The molecule has 8 N–H and O–H groups in total. The highest BCUT2D eigenvalue weighted by Crippen LogP contribution is 2.35. The molecule has 23 heavy (non-hydrogen) atoms. The van der Waals surface area contributed by atoms with Crippen molar-refractivity contribution in [3.8, 4) is 0 Å². The maximum absolute atomic E-state index is 10.1. The van der Waals surface area contributed by atoms with E-state index in [4.69, 9.17) is 30.2 Å². The summed E-state index contributed by atoms with van der Waals surface area (Å²) in [6.45, 7) is -1.38. The third-order valence-electron chi connectivity index (χ3n) is 4.27. The zero-order valence-corrected chi connectivity index (χ0v) is 12.6. The molecule has 0 aromatic heterocycles. The summed E-state index contributed by atoms with van der Waals surface area (Å²) >= 11 is 0. The van der Waals surface area contributed by atoms with Crippen molar-refractivity contribution >= 4 is 0 Å². The average Bonchev–Trinajstić information content (AvgIpc) is 2.86. The Morgan fingerprint density at radius 2 is 1.83 bits per heavy atom. The van der Waals surface area contributed by atoms with Gasteiger partial charge in [-0.05, 0) is 6.42 Å². The Labute approximate surface area is 133 Å². The molecule has 0 aliphatic carbocycles. The van der Waals surface area contributed by atoms with Gasteiger partial charge >= 0.3 is 0 Å². The van der Waals surface area contributed by atoms with Crippen LogP contribution in [0.4, 0.5) is 0 Å². The highest BCUT2D eigenvalue weighted by molar-refractivity contribution is 4.95. The van der Waals surface area contributed by atoms with E-state index in [-0.39, 0.29) is 26.1 Å². The molecule has 0 bridgehead atoms. The number of hydrogen-bond donors (Lipinski definition) is 7. The van der Waals surface area contributed by atoms with Gasteiger partial charge in [-0.3, -0.25) is 0 Å². The van der Waals surface area contributed by atoms with Gasteiger partial charge in [-0.15, -0.1) is 0 Å². The Kier molecular flexibility index (Phi) is 6.30. The molecule has 0 saturated carbocycles. The second-order valence-corrected chi connectivity index (χ2v) is 5.88. The lowest BCUT2D eigenvalue weighted by molar-refractivity contribution is -0.373. The smallest absolute Gasteiger partial charge is 0.221 e. The van der Waals surface area contributed by atoms with E-state index in [1.807, 2.05) is 0 Å². The lowest BCUT2D eigenvalue weighted by atomic mass is 9.95. The Hall–Kier alpha value is -0.400. The van der Waals surface area contributed by atoms with E-state index >= 15 is 0 Å². The molecule has 2 aliphatic heterocycles. The predicted molar refractivity (Wildman–Crippen MR) is 73.8 cm³/mol. The SMILES string of the molecule is NC1C(O)[C@@H](O[C@]2(CO)O[C@H](CO)CC2O)OC(CCO)[C@H]1O. The van der Waals surface area contributed by atoms with Gasteiger partial charge in [-0.25, -0.2) is 0 Å². The van der Waals surface area contributed by atoms with Crippen molar-refractivity contribution in [1.29, 1.82) is 0 Å². The van der Waals surface area contributed by atoms with Crippen LogP contribution in [-0.2, 0) is 14.2 Å². The van der Waals surface area contributed by atoms with Crippen molar-refractivity contribution in [3.63, 3.8) is 0 Å². The normalized spacial score (nSPS) is 47.9. The highest BCUT2D eigenvalue weighted by Gasteiger charge is 2.53.